The lowest BCUT2D eigenvalue weighted by molar-refractivity contribution is -0.123. The lowest BCUT2D eigenvalue weighted by Crippen LogP contribution is -2.42. The van der Waals surface area contributed by atoms with Gasteiger partial charge in [-0.05, 0) is 38.3 Å². The van der Waals surface area contributed by atoms with Crippen LogP contribution in [0.1, 0.15) is 61.6 Å². The number of nitrogens with zero attached hydrogens (tertiary/aromatic N) is 2. The number of likely N-dealkylation sites (N-methyl/N-ethyl adjacent to an activating group) is 1. The Hall–Kier alpha value is -3.33. The van der Waals surface area contributed by atoms with E-state index >= 15 is 0 Å². The quantitative estimate of drug-likeness (QED) is 0.189. The summed E-state index contributed by atoms with van der Waals surface area (Å²) in [5.74, 6) is 0.778. The first kappa shape index (κ1) is 24.3. The molecule has 1 heterocycles. The molecule has 1 aliphatic rings. The van der Waals surface area contributed by atoms with Crippen LogP contribution in [0.4, 0.5) is 11.6 Å². The summed E-state index contributed by atoms with van der Waals surface area (Å²) in [4.78, 5) is 31.3. The normalized spacial score (nSPS) is 14.6. The average Bonchev–Trinajstić information content (AvgIpc) is 3.33. The molecule has 0 bridgehead atoms. The SMILES string of the molecule is CNC(CCCC=O)C(=O)NCc1ccc(C(=N)c2c(N)ncnc2NC2CCCC2)cc1. The van der Waals surface area contributed by atoms with Crippen LogP contribution in [0.5, 0.6) is 0 Å². The maximum Gasteiger partial charge on any atom is 0.237 e. The molecule has 176 valence electrons. The second kappa shape index (κ2) is 12.1. The van der Waals surface area contributed by atoms with Crippen LogP contribution in [0.3, 0.4) is 0 Å². The molecule has 1 saturated carbocycles. The summed E-state index contributed by atoms with van der Waals surface area (Å²) in [6, 6.07) is 7.47. The molecule has 1 unspecified atom stereocenters. The molecule has 0 spiro atoms. The Labute approximate surface area is 194 Å². The van der Waals surface area contributed by atoms with Gasteiger partial charge in [0.15, 0.2) is 0 Å². The third-order valence-electron chi connectivity index (χ3n) is 6.01. The minimum Gasteiger partial charge on any atom is -0.383 e. The van der Waals surface area contributed by atoms with E-state index in [2.05, 4.69) is 25.9 Å². The molecule has 2 aromatic rings. The molecule has 9 heteroatoms. The highest BCUT2D eigenvalue weighted by molar-refractivity contribution is 6.16. The first-order valence-electron chi connectivity index (χ1n) is 11.5. The number of nitrogens with one attached hydrogen (secondary N) is 4. The molecule has 3 rings (SSSR count). The first-order chi connectivity index (χ1) is 16.0. The van der Waals surface area contributed by atoms with E-state index in [9.17, 15) is 9.59 Å². The van der Waals surface area contributed by atoms with E-state index < -0.39 is 0 Å². The van der Waals surface area contributed by atoms with Crippen molar-refractivity contribution in [2.75, 3.05) is 18.1 Å². The number of unbranched alkanes of at least 4 members (excludes halogenated alkanes) is 1. The van der Waals surface area contributed by atoms with Crippen molar-refractivity contribution in [3.05, 3.63) is 47.3 Å². The summed E-state index contributed by atoms with van der Waals surface area (Å²) in [7, 11) is 1.74. The molecule has 9 nitrogen and oxygen atoms in total. The Balaban J connectivity index is 1.63. The Morgan fingerprint density at radius 3 is 2.64 bits per heavy atom. The van der Waals surface area contributed by atoms with Gasteiger partial charge in [-0.1, -0.05) is 37.1 Å². The second-order valence-electron chi connectivity index (χ2n) is 8.34. The van der Waals surface area contributed by atoms with Crippen molar-refractivity contribution in [2.45, 2.75) is 63.6 Å². The van der Waals surface area contributed by atoms with Crippen LogP contribution in [0.2, 0.25) is 0 Å². The monoisotopic (exact) mass is 451 g/mol. The van der Waals surface area contributed by atoms with Crippen LogP contribution in [0.15, 0.2) is 30.6 Å². The molecule has 1 amide bonds. The van der Waals surface area contributed by atoms with Gasteiger partial charge in [-0.3, -0.25) is 10.2 Å². The zero-order chi connectivity index (χ0) is 23.6. The van der Waals surface area contributed by atoms with Gasteiger partial charge < -0.3 is 26.5 Å². The maximum absolute atomic E-state index is 12.4. The zero-order valence-corrected chi connectivity index (χ0v) is 19.1. The molecule has 6 N–H and O–H groups in total. The van der Waals surface area contributed by atoms with Crippen LogP contribution in [0, 0.1) is 5.41 Å². The molecule has 1 aromatic carbocycles. The molecule has 1 atom stereocenters. The van der Waals surface area contributed by atoms with Crippen molar-refractivity contribution in [3.63, 3.8) is 0 Å². The highest BCUT2D eigenvalue weighted by Crippen LogP contribution is 2.26. The predicted octanol–water partition coefficient (Wildman–Crippen LogP) is 2.40. The van der Waals surface area contributed by atoms with Gasteiger partial charge in [-0.15, -0.1) is 0 Å². The summed E-state index contributed by atoms with van der Waals surface area (Å²) in [5.41, 5.74) is 8.51. The highest BCUT2D eigenvalue weighted by atomic mass is 16.2. The third kappa shape index (κ3) is 6.58. The number of anilines is 2. The second-order valence-corrected chi connectivity index (χ2v) is 8.34. The van der Waals surface area contributed by atoms with Crippen molar-refractivity contribution in [2.24, 2.45) is 0 Å². The Kier molecular flexibility index (Phi) is 8.88. The van der Waals surface area contributed by atoms with E-state index in [0.29, 0.717) is 48.8 Å². The van der Waals surface area contributed by atoms with E-state index in [-0.39, 0.29) is 23.5 Å². The fourth-order valence-corrected chi connectivity index (χ4v) is 4.08. The molecule has 1 fully saturated rings. The van der Waals surface area contributed by atoms with E-state index in [4.69, 9.17) is 11.1 Å². The number of amides is 1. The number of rotatable bonds is 12. The number of hydrogen-bond acceptors (Lipinski definition) is 8. The molecule has 33 heavy (non-hydrogen) atoms. The topological polar surface area (TPSA) is 146 Å². The highest BCUT2D eigenvalue weighted by Gasteiger charge is 2.21. The summed E-state index contributed by atoms with van der Waals surface area (Å²) >= 11 is 0. The molecule has 1 aliphatic carbocycles. The largest absolute Gasteiger partial charge is 0.383 e. The zero-order valence-electron chi connectivity index (χ0n) is 19.1. The third-order valence-corrected chi connectivity index (χ3v) is 6.01. The fourth-order valence-electron chi connectivity index (χ4n) is 4.08. The maximum atomic E-state index is 12.4. The van der Waals surface area contributed by atoms with Crippen LogP contribution in [-0.4, -0.2) is 47.0 Å². The van der Waals surface area contributed by atoms with Gasteiger partial charge in [0.2, 0.25) is 5.91 Å². The van der Waals surface area contributed by atoms with Crippen molar-refractivity contribution in [1.82, 2.24) is 20.6 Å². The van der Waals surface area contributed by atoms with E-state index in [1.54, 1.807) is 7.05 Å². The minimum absolute atomic E-state index is 0.0999. The first-order valence-corrected chi connectivity index (χ1v) is 11.5. The van der Waals surface area contributed by atoms with Gasteiger partial charge in [0.25, 0.3) is 0 Å². The van der Waals surface area contributed by atoms with Gasteiger partial charge in [-0.25, -0.2) is 9.97 Å². The van der Waals surface area contributed by atoms with Crippen molar-refractivity contribution < 1.29 is 9.59 Å². The van der Waals surface area contributed by atoms with E-state index in [1.165, 1.54) is 19.2 Å². The van der Waals surface area contributed by atoms with Crippen molar-refractivity contribution in [3.8, 4) is 0 Å². The van der Waals surface area contributed by atoms with Gasteiger partial charge >= 0.3 is 0 Å². The number of nitrogens with two attached hydrogens (primary N) is 1. The molecular weight excluding hydrogens is 418 g/mol. The van der Waals surface area contributed by atoms with Crippen LogP contribution >= 0.6 is 0 Å². The number of benzene rings is 1. The molecule has 1 aromatic heterocycles. The van der Waals surface area contributed by atoms with Crippen molar-refractivity contribution >= 4 is 29.5 Å². The van der Waals surface area contributed by atoms with Gasteiger partial charge in [0.1, 0.15) is 24.2 Å². The molecule has 0 saturated heterocycles. The Morgan fingerprint density at radius 1 is 1.24 bits per heavy atom. The van der Waals surface area contributed by atoms with Crippen molar-refractivity contribution in [1.29, 1.82) is 5.41 Å². The van der Waals surface area contributed by atoms with Crippen LogP contribution in [0.25, 0.3) is 0 Å². The molecule has 0 radical (unpaired) electrons. The molecular formula is C24H33N7O2. The summed E-state index contributed by atoms with van der Waals surface area (Å²) in [5, 5.41) is 18.1. The van der Waals surface area contributed by atoms with Gasteiger partial charge in [0, 0.05) is 24.6 Å². The summed E-state index contributed by atoms with van der Waals surface area (Å²) in [6.45, 7) is 0.378. The van der Waals surface area contributed by atoms with E-state index in [1.807, 2.05) is 24.3 Å². The van der Waals surface area contributed by atoms with E-state index in [0.717, 1.165) is 24.7 Å². The standard InChI is InChI=1S/C24H33N7O2/c1-27-19(8-4-5-13-32)24(33)28-14-16-9-11-17(12-10-16)21(25)20-22(26)29-15-30-23(20)31-18-6-2-3-7-18/h9-13,15,18-19,25,27H,2-8,14H2,1H3,(H,28,33)(H3,26,29,30,31). The average molecular weight is 452 g/mol. The number of carbonyl (C=O) groups is 2. The summed E-state index contributed by atoms with van der Waals surface area (Å²) < 4.78 is 0. The lowest BCUT2D eigenvalue weighted by Gasteiger charge is -2.18. The number of hydrogen-bond donors (Lipinski definition) is 5. The Bertz CT molecular complexity index is 956. The number of nitrogen functional groups attached to an aromatic ring is 1. The lowest BCUT2D eigenvalue weighted by atomic mass is 10.0. The van der Waals surface area contributed by atoms with Gasteiger partial charge in [0.05, 0.1) is 17.3 Å². The molecule has 0 aliphatic heterocycles. The smallest absolute Gasteiger partial charge is 0.237 e. The predicted molar refractivity (Wildman–Crippen MR) is 129 cm³/mol. The number of carbonyl (C=O) groups excluding carboxylic acids is 2. The minimum atomic E-state index is -0.329. The van der Waals surface area contributed by atoms with Gasteiger partial charge in [-0.2, -0.15) is 0 Å². The Morgan fingerprint density at radius 2 is 1.97 bits per heavy atom. The van der Waals surface area contributed by atoms with Crippen LogP contribution in [-0.2, 0) is 16.1 Å². The van der Waals surface area contributed by atoms with Crippen LogP contribution < -0.4 is 21.7 Å². The number of aldehydes is 1. The summed E-state index contributed by atoms with van der Waals surface area (Å²) in [6.07, 6.45) is 8.57. The number of aromatic nitrogens is 2. The fraction of sp³-hybridized carbons (Fsp3) is 0.458.